The number of carboxylic acid groups (broad SMARTS) is 1. The zero-order chi connectivity index (χ0) is 23.2. The van der Waals surface area contributed by atoms with E-state index in [2.05, 4.69) is 9.47 Å². The van der Waals surface area contributed by atoms with E-state index < -0.39 is 23.9 Å². The molecule has 0 spiro atoms. The summed E-state index contributed by atoms with van der Waals surface area (Å²) in [6, 6.07) is 12.3. The molecule has 1 N–H and O–H groups in total. The van der Waals surface area contributed by atoms with Crippen LogP contribution >= 0.6 is 0 Å². The smallest absolute Gasteiger partial charge is 0.339 e. The van der Waals surface area contributed by atoms with E-state index in [0.717, 1.165) is 0 Å². The lowest BCUT2D eigenvalue weighted by atomic mass is 10.1. The molecule has 0 atom stereocenters. The Morgan fingerprint density at radius 2 is 1.13 bits per heavy atom. The number of aromatic carboxylic acids is 1. The molecule has 9 heteroatoms. The third-order valence-electron chi connectivity index (χ3n) is 3.78. The van der Waals surface area contributed by atoms with Crippen molar-refractivity contribution in [3.8, 4) is 0 Å². The third kappa shape index (κ3) is 7.90. The molecule has 0 aliphatic carbocycles. The van der Waals surface area contributed by atoms with Crippen molar-refractivity contribution in [1.29, 1.82) is 0 Å². The first kappa shape index (κ1) is 25.3. The predicted octanol–water partition coefficient (Wildman–Crippen LogP) is 2.84. The van der Waals surface area contributed by atoms with Crippen molar-refractivity contribution in [2.75, 3.05) is 34.0 Å². The average molecular weight is 432 g/mol. The number of hydrogen-bond acceptors (Lipinski definition) is 8. The highest BCUT2D eigenvalue weighted by molar-refractivity contribution is 6.03. The van der Waals surface area contributed by atoms with Crippen LogP contribution in [0.15, 0.2) is 48.5 Å². The molecule has 0 unspecified atom stereocenters. The monoisotopic (exact) mass is 432 g/mol. The summed E-state index contributed by atoms with van der Waals surface area (Å²) in [7, 11) is 2.52. The Labute approximate surface area is 179 Å². The molecule has 0 radical (unpaired) electrons. The highest BCUT2D eigenvalue weighted by Gasteiger charge is 2.17. The normalized spacial score (nSPS) is 9.65. The lowest BCUT2D eigenvalue weighted by Crippen LogP contribution is -2.14. The number of methoxy groups -OCH3 is 2. The van der Waals surface area contributed by atoms with Crippen LogP contribution < -0.4 is 0 Å². The van der Waals surface area contributed by atoms with Crippen molar-refractivity contribution in [2.45, 2.75) is 6.92 Å². The molecule has 0 aromatic heterocycles. The fourth-order valence-electron chi connectivity index (χ4n) is 2.32. The van der Waals surface area contributed by atoms with Gasteiger partial charge in [-0.15, -0.1) is 0 Å². The molecular formula is C22H24O9. The number of carbonyl (C=O) groups is 4. The molecule has 2 rings (SSSR count). The fourth-order valence-corrected chi connectivity index (χ4v) is 2.32. The number of carbonyl (C=O) groups excluding carboxylic acids is 3. The first-order chi connectivity index (χ1) is 14.9. The van der Waals surface area contributed by atoms with Crippen molar-refractivity contribution in [1.82, 2.24) is 0 Å². The van der Waals surface area contributed by atoms with Gasteiger partial charge in [0.25, 0.3) is 0 Å². The van der Waals surface area contributed by atoms with Gasteiger partial charge in [0.15, 0.2) is 0 Å². The van der Waals surface area contributed by atoms with Crippen molar-refractivity contribution < 1.29 is 43.2 Å². The van der Waals surface area contributed by atoms with Crippen LogP contribution in [0.2, 0.25) is 0 Å². The summed E-state index contributed by atoms with van der Waals surface area (Å²) >= 11 is 0. The van der Waals surface area contributed by atoms with Crippen LogP contribution in [0.1, 0.15) is 48.4 Å². The van der Waals surface area contributed by atoms with Crippen molar-refractivity contribution >= 4 is 23.9 Å². The molecule has 166 valence electrons. The Balaban J connectivity index is 0.000000316. The summed E-state index contributed by atoms with van der Waals surface area (Å²) in [6.45, 7) is 2.79. The van der Waals surface area contributed by atoms with E-state index in [4.69, 9.17) is 14.6 Å². The maximum atomic E-state index is 11.6. The molecule has 9 nitrogen and oxygen atoms in total. The van der Waals surface area contributed by atoms with E-state index in [1.54, 1.807) is 24.3 Å². The van der Waals surface area contributed by atoms with E-state index in [-0.39, 0.29) is 28.9 Å². The second-order valence-electron chi connectivity index (χ2n) is 5.71. The maximum Gasteiger partial charge on any atom is 0.339 e. The third-order valence-corrected chi connectivity index (χ3v) is 3.78. The van der Waals surface area contributed by atoms with Gasteiger partial charge in [-0.25, -0.2) is 19.2 Å². The summed E-state index contributed by atoms with van der Waals surface area (Å²) in [5, 5.41) is 8.89. The molecule has 0 fully saturated rings. The van der Waals surface area contributed by atoms with E-state index >= 15 is 0 Å². The van der Waals surface area contributed by atoms with E-state index in [1.807, 2.05) is 6.92 Å². The Hall–Kier alpha value is -3.72. The highest BCUT2D eigenvalue weighted by atomic mass is 16.6. The van der Waals surface area contributed by atoms with Gasteiger partial charge < -0.3 is 24.1 Å². The molecule has 0 aliphatic rings. The molecule has 0 bridgehead atoms. The van der Waals surface area contributed by atoms with Gasteiger partial charge in [-0.2, -0.15) is 0 Å². The molecule has 0 amide bonds. The summed E-state index contributed by atoms with van der Waals surface area (Å²) in [4.78, 5) is 44.9. The van der Waals surface area contributed by atoms with Gasteiger partial charge in [0.05, 0.1) is 43.1 Å². The SMILES string of the molecule is CCOCCOC(=O)c1ccccc1C(=O)O.COC(=O)c1ccccc1C(=O)OC. The second-order valence-corrected chi connectivity index (χ2v) is 5.71. The van der Waals surface area contributed by atoms with Gasteiger partial charge in [0.1, 0.15) is 6.61 Å². The van der Waals surface area contributed by atoms with E-state index in [1.165, 1.54) is 38.5 Å². The minimum Gasteiger partial charge on any atom is -0.478 e. The van der Waals surface area contributed by atoms with Crippen molar-refractivity contribution in [3.05, 3.63) is 70.8 Å². The van der Waals surface area contributed by atoms with Crippen LogP contribution in [0, 0.1) is 0 Å². The molecule has 0 aliphatic heterocycles. The predicted molar refractivity (Wildman–Crippen MR) is 109 cm³/mol. The second kappa shape index (κ2) is 13.5. The minimum absolute atomic E-state index is 0.0523. The van der Waals surface area contributed by atoms with Crippen LogP contribution in [0.5, 0.6) is 0 Å². The summed E-state index contributed by atoms with van der Waals surface area (Å²) in [5.41, 5.74) is 0.411. The topological polar surface area (TPSA) is 125 Å². The number of carboxylic acids is 1. The quantitative estimate of drug-likeness (QED) is 0.381. The zero-order valence-corrected chi connectivity index (χ0v) is 17.5. The Morgan fingerprint density at radius 1 is 0.710 bits per heavy atom. The Bertz CT molecular complexity index is 870. The van der Waals surface area contributed by atoms with Crippen LogP contribution in [-0.4, -0.2) is 63.0 Å². The van der Waals surface area contributed by atoms with Gasteiger partial charge >= 0.3 is 23.9 Å². The molecule has 0 saturated heterocycles. The number of ether oxygens (including phenoxy) is 4. The van der Waals surface area contributed by atoms with Gasteiger partial charge in [-0.3, -0.25) is 0 Å². The van der Waals surface area contributed by atoms with Crippen molar-refractivity contribution in [3.63, 3.8) is 0 Å². The van der Waals surface area contributed by atoms with Gasteiger partial charge in [0.2, 0.25) is 0 Å². The molecule has 2 aromatic rings. The number of rotatable bonds is 8. The summed E-state index contributed by atoms with van der Waals surface area (Å²) < 4.78 is 18.9. The minimum atomic E-state index is -1.15. The molecule has 31 heavy (non-hydrogen) atoms. The summed E-state index contributed by atoms with van der Waals surface area (Å²) in [5.74, 6) is -2.90. The summed E-state index contributed by atoms with van der Waals surface area (Å²) in [6.07, 6.45) is 0. The molecule has 0 saturated carbocycles. The molecular weight excluding hydrogens is 408 g/mol. The Kier molecular flexibility index (Phi) is 11.0. The van der Waals surface area contributed by atoms with Gasteiger partial charge in [0, 0.05) is 6.61 Å². The van der Waals surface area contributed by atoms with Crippen molar-refractivity contribution in [2.24, 2.45) is 0 Å². The maximum absolute atomic E-state index is 11.6. The highest BCUT2D eigenvalue weighted by Crippen LogP contribution is 2.11. The van der Waals surface area contributed by atoms with Crippen LogP contribution in [0.3, 0.4) is 0 Å². The number of esters is 3. The lowest BCUT2D eigenvalue weighted by molar-refractivity contribution is 0.0330. The van der Waals surface area contributed by atoms with Crippen LogP contribution in [-0.2, 0) is 18.9 Å². The number of benzene rings is 2. The first-order valence-electron chi connectivity index (χ1n) is 9.20. The van der Waals surface area contributed by atoms with Crippen LogP contribution in [0.25, 0.3) is 0 Å². The average Bonchev–Trinajstić information content (AvgIpc) is 2.81. The van der Waals surface area contributed by atoms with Crippen LogP contribution in [0.4, 0.5) is 0 Å². The standard InChI is InChI=1S/C12H14O5.C10H10O4/c1-2-16-7-8-17-12(15)10-6-4-3-5-9(10)11(13)14;1-13-9(11)7-5-3-4-6-8(7)10(12)14-2/h3-6H,2,7-8H2,1H3,(H,13,14);3-6H,1-2H3. The van der Waals surface area contributed by atoms with Gasteiger partial charge in [-0.1, -0.05) is 24.3 Å². The fraction of sp³-hybridized carbons (Fsp3) is 0.273. The Morgan fingerprint density at radius 3 is 1.52 bits per heavy atom. The lowest BCUT2D eigenvalue weighted by Gasteiger charge is -2.06. The van der Waals surface area contributed by atoms with E-state index in [9.17, 15) is 19.2 Å². The molecule has 2 aromatic carbocycles. The van der Waals surface area contributed by atoms with E-state index in [0.29, 0.717) is 13.2 Å². The number of hydrogen-bond donors (Lipinski definition) is 1. The van der Waals surface area contributed by atoms with Gasteiger partial charge in [-0.05, 0) is 31.2 Å². The molecule has 0 heterocycles. The first-order valence-corrected chi connectivity index (χ1v) is 9.20. The largest absolute Gasteiger partial charge is 0.478 e. The zero-order valence-electron chi connectivity index (χ0n) is 17.5.